The first kappa shape index (κ1) is 16.6. The molecule has 0 aromatic rings. The van der Waals surface area contributed by atoms with Gasteiger partial charge < -0.3 is 15.0 Å². The van der Waals surface area contributed by atoms with Crippen LogP contribution in [0.4, 0.5) is 4.79 Å². The molecule has 3 rings (SSSR count). The molecule has 0 aromatic heterocycles. The van der Waals surface area contributed by atoms with Crippen LogP contribution in [-0.2, 0) is 9.53 Å². The fourth-order valence-corrected chi connectivity index (χ4v) is 4.40. The number of fused-ring (bicyclic) bond motifs is 1. The van der Waals surface area contributed by atoms with Crippen LogP contribution in [0.1, 0.15) is 59.3 Å². The van der Waals surface area contributed by atoms with Crippen LogP contribution in [0.3, 0.4) is 0 Å². The summed E-state index contributed by atoms with van der Waals surface area (Å²) in [5.74, 6) is 1.94. The molecule has 2 saturated carbocycles. The molecular weight excluding hydrogens is 292 g/mol. The number of rotatable bonds is 3. The quantitative estimate of drug-likeness (QED) is 0.869. The largest absolute Gasteiger partial charge is 0.444 e. The summed E-state index contributed by atoms with van der Waals surface area (Å²) in [6.07, 6.45) is 6.55. The highest BCUT2D eigenvalue weighted by Crippen LogP contribution is 2.58. The molecule has 0 unspecified atom stereocenters. The Morgan fingerprint density at radius 1 is 1.09 bits per heavy atom. The van der Waals surface area contributed by atoms with Gasteiger partial charge in [0.15, 0.2) is 0 Å². The molecule has 0 aromatic carbocycles. The van der Waals surface area contributed by atoms with Crippen molar-refractivity contribution in [3.63, 3.8) is 0 Å². The third kappa shape index (κ3) is 3.81. The molecule has 0 spiro atoms. The van der Waals surface area contributed by atoms with Gasteiger partial charge in [0, 0.05) is 25.0 Å². The van der Waals surface area contributed by atoms with Gasteiger partial charge in [0.25, 0.3) is 0 Å². The number of hydrogen-bond acceptors (Lipinski definition) is 3. The molecule has 5 heteroatoms. The van der Waals surface area contributed by atoms with Gasteiger partial charge in [-0.2, -0.15) is 0 Å². The van der Waals surface area contributed by atoms with Crippen molar-refractivity contribution in [1.82, 2.24) is 10.2 Å². The van der Waals surface area contributed by atoms with Crippen LogP contribution >= 0.6 is 0 Å². The Balaban J connectivity index is 1.52. The third-order valence-corrected chi connectivity index (χ3v) is 5.48. The van der Waals surface area contributed by atoms with E-state index in [1.807, 2.05) is 25.7 Å². The molecule has 2 amide bonds. The Bertz CT molecular complexity index is 461. The van der Waals surface area contributed by atoms with Gasteiger partial charge in [0.2, 0.25) is 5.91 Å². The molecule has 0 bridgehead atoms. The highest BCUT2D eigenvalue weighted by atomic mass is 16.6. The minimum atomic E-state index is -0.488. The van der Waals surface area contributed by atoms with Crippen molar-refractivity contribution in [2.75, 3.05) is 13.1 Å². The number of alkyl carbamates (subject to hydrolysis) is 1. The van der Waals surface area contributed by atoms with Gasteiger partial charge in [-0.25, -0.2) is 4.79 Å². The Labute approximate surface area is 139 Å². The molecule has 3 atom stereocenters. The number of nitrogens with zero attached hydrogens (tertiary/aromatic N) is 1. The predicted molar refractivity (Wildman–Crippen MR) is 87.9 cm³/mol. The van der Waals surface area contributed by atoms with Crippen LogP contribution in [0.15, 0.2) is 0 Å². The Morgan fingerprint density at radius 3 is 2.43 bits per heavy atom. The highest BCUT2D eigenvalue weighted by molar-refractivity contribution is 5.83. The zero-order valence-electron chi connectivity index (χ0n) is 14.6. The lowest BCUT2D eigenvalue weighted by molar-refractivity contribution is -0.137. The molecule has 3 aliphatic rings. The molecule has 1 saturated heterocycles. The van der Waals surface area contributed by atoms with E-state index in [9.17, 15) is 9.59 Å². The molecule has 1 N–H and O–H groups in total. The summed E-state index contributed by atoms with van der Waals surface area (Å²) in [6.45, 7) is 6.91. The summed E-state index contributed by atoms with van der Waals surface area (Å²) in [6, 6.07) is 0.130. The van der Waals surface area contributed by atoms with Gasteiger partial charge in [-0.3, -0.25) is 4.79 Å². The molecule has 1 heterocycles. The lowest BCUT2D eigenvalue weighted by Crippen LogP contribution is -2.50. The van der Waals surface area contributed by atoms with E-state index in [-0.39, 0.29) is 12.0 Å². The van der Waals surface area contributed by atoms with Gasteiger partial charge in [0.1, 0.15) is 5.60 Å². The lowest BCUT2D eigenvalue weighted by atomic mass is 10.00. The summed E-state index contributed by atoms with van der Waals surface area (Å²) in [5.41, 5.74) is -0.488. The average Bonchev–Trinajstić information content (AvgIpc) is 2.95. The maximum atomic E-state index is 12.8. The molecule has 0 radical (unpaired) electrons. The topological polar surface area (TPSA) is 58.6 Å². The van der Waals surface area contributed by atoms with Crippen LogP contribution in [0.2, 0.25) is 0 Å². The maximum absolute atomic E-state index is 12.8. The van der Waals surface area contributed by atoms with Gasteiger partial charge >= 0.3 is 6.09 Å². The maximum Gasteiger partial charge on any atom is 0.407 e. The molecular formula is C18H30N2O3. The number of amides is 2. The molecule has 23 heavy (non-hydrogen) atoms. The number of likely N-dealkylation sites (tertiary alicyclic amines) is 1. The number of carbonyl (C=O) groups is 2. The number of piperidine rings is 1. The van der Waals surface area contributed by atoms with Gasteiger partial charge in [-0.15, -0.1) is 0 Å². The van der Waals surface area contributed by atoms with Crippen LogP contribution in [0.25, 0.3) is 0 Å². The monoisotopic (exact) mass is 322 g/mol. The molecule has 130 valence electrons. The van der Waals surface area contributed by atoms with E-state index in [0.29, 0.717) is 24.3 Å². The number of ether oxygens (including phenoxy) is 1. The summed E-state index contributed by atoms with van der Waals surface area (Å²) in [7, 11) is 0. The fraction of sp³-hybridized carbons (Fsp3) is 0.889. The van der Waals surface area contributed by atoms with Crippen molar-refractivity contribution in [2.45, 2.75) is 70.9 Å². The van der Waals surface area contributed by atoms with Crippen molar-refractivity contribution < 1.29 is 14.3 Å². The summed E-state index contributed by atoms with van der Waals surface area (Å²) < 4.78 is 5.29. The molecule has 2 aliphatic carbocycles. The minimum Gasteiger partial charge on any atom is -0.444 e. The first-order valence-electron chi connectivity index (χ1n) is 9.14. The molecule has 1 aliphatic heterocycles. The Kier molecular flexibility index (Phi) is 4.56. The van der Waals surface area contributed by atoms with Gasteiger partial charge in [-0.05, 0) is 64.7 Å². The van der Waals surface area contributed by atoms with Crippen molar-refractivity contribution >= 4 is 12.0 Å². The van der Waals surface area contributed by atoms with E-state index < -0.39 is 11.7 Å². The van der Waals surface area contributed by atoms with Crippen LogP contribution in [-0.4, -0.2) is 41.6 Å². The van der Waals surface area contributed by atoms with E-state index in [1.165, 1.54) is 19.3 Å². The lowest BCUT2D eigenvalue weighted by Gasteiger charge is -2.36. The van der Waals surface area contributed by atoms with Crippen molar-refractivity contribution in [1.29, 1.82) is 0 Å². The first-order valence-corrected chi connectivity index (χ1v) is 9.14. The Morgan fingerprint density at radius 2 is 1.78 bits per heavy atom. The first-order chi connectivity index (χ1) is 10.9. The predicted octanol–water partition coefficient (Wildman–Crippen LogP) is 2.94. The third-order valence-electron chi connectivity index (χ3n) is 5.48. The van der Waals surface area contributed by atoms with Gasteiger partial charge in [0.05, 0.1) is 0 Å². The van der Waals surface area contributed by atoms with Crippen LogP contribution in [0, 0.1) is 17.8 Å². The van der Waals surface area contributed by atoms with E-state index in [4.69, 9.17) is 4.74 Å². The zero-order valence-corrected chi connectivity index (χ0v) is 14.6. The number of hydrogen-bond donors (Lipinski definition) is 1. The fourth-order valence-electron chi connectivity index (χ4n) is 4.40. The van der Waals surface area contributed by atoms with Crippen LogP contribution < -0.4 is 5.32 Å². The minimum absolute atomic E-state index is 0.130. The van der Waals surface area contributed by atoms with Crippen LogP contribution in [0.5, 0.6) is 0 Å². The van der Waals surface area contributed by atoms with E-state index >= 15 is 0 Å². The number of nitrogens with one attached hydrogen (secondary N) is 1. The normalized spacial score (nSPS) is 33.1. The summed E-state index contributed by atoms with van der Waals surface area (Å²) in [5, 5.41) is 2.85. The molecule has 3 fully saturated rings. The summed E-state index contributed by atoms with van der Waals surface area (Å²) in [4.78, 5) is 26.7. The van der Waals surface area contributed by atoms with E-state index in [1.54, 1.807) is 0 Å². The smallest absolute Gasteiger partial charge is 0.407 e. The van der Waals surface area contributed by atoms with Crippen molar-refractivity contribution in [3.05, 3.63) is 0 Å². The van der Waals surface area contributed by atoms with Gasteiger partial charge in [-0.1, -0.05) is 6.42 Å². The average molecular weight is 322 g/mol. The second-order valence-corrected chi connectivity index (χ2v) is 8.35. The Hall–Kier alpha value is -1.26. The molecule has 5 nitrogen and oxygen atoms in total. The highest BCUT2D eigenvalue weighted by Gasteiger charge is 2.57. The SMILES string of the molecule is CC(C)(C)OC(=O)NC[C@@H]1CCCCN1C(=O)C1[C@@H]2CCC[C@@H]12. The van der Waals surface area contributed by atoms with E-state index in [2.05, 4.69) is 5.32 Å². The second kappa shape index (κ2) is 6.33. The van der Waals surface area contributed by atoms with E-state index in [0.717, 1.165) is 25.8 Å². The number of carbonyl (C=O) groups excluding carboxylic acids is 2. The van der Waals surface area contributed by atoms with Crippen molar-refractivity contribution in [2.24, 2.45) is 17.8 Å². The zero-order chi connectivity index (χ0) is 16.6. The van der Waals surface area contributed by atoms with Crippen molar-refractivity contribution in [3.8, 4) is 0 Å². The second-order valence-electron chi connectivity index (χ2n) is 8.35. The summed E-state index contributed by atoms with van der Waals surface area (Å²) >= 11 is 0. The standard InChI is InChI=1S/C18H30N2O3/c1-18(2,3)23-17(22)19-11-12-7-4-5-10-20(12)16(21)15-13-8-6-9-14(13)15/h12-15H,4-11H2,1-3H3,(H,19,22)/t12-,13+,14+/m0/s1.